The highest BCUT2D eigenvalue weighted by Gasteiger charge is 2.28. The summed E-state index contributed by atoms with van der Waals surface area (Å²) in [6.45, 7) is 14.2. The topological polar surface area (TPSA) is 42.3 Å². The van der Waals surface area contributed by atoms with E-state index in [1.807, 2.05) is 6.92 Å². The lowest BCUT2D eigenvalue weighted by atomic mass is 9.96. The van der Waals surface area contributed by atoms with Crippen LogP contribution in [0.5, 0.6) is 0 Å². The maximum absolute atomic E-state index is 9.36. The van der Waals surface area contributed by atoms with Crippen molar-refractivity contribution in [3.63, 3.8) is 0 Å². The Morgan fingerprint density at radius 1 is 1.30 bits per heavy atom. The lowest BCUT2D eigenvalue weighted by molar-refractivity contribution is 0.0583. The van der Waals surface area contributed by atoms with Crippen molar-refractivity contribution < 1.29 is 0 Å². The zero-order chi connectivity index (χ0) is 15.3. The molecule has 0 amide bonds. The molecule has 3 atom stereocenters. The van der Waals surface area contributed by atoms with E-state index in [4.69, 9.17) is 0 Å². The first-order chi connectivity index (χ1) is 9.27. The standard InChI is InChI=1S/C16H32N4/c1-13(2)18-16(5,12-17)8-7-9-20-10-14(3)19(6)15(4)11-20/h13-15,18H,7-11H2,1-6H3. The van der Waals surface area contributed by atoms with Crippen molar-refractivity contribution in [2.75, 3.05) is 26.7 Å². The second-order valence-electron chi connectivity index (χ2n) is 6.97. The number of rotatable bonds is 6. The van der Waals surface area contributed by atoms with Gasteiger partial charge in [0, 0.05) is 31.2 Å². The minimum absolute atomic E-state index is 0.350. The predicted octanol–water partition coefficient (Wildman–Crippen LogP) is 2.07. The number of likely N-dealkylation sites (N-methyl/N-ethyl adjacent to an activating group) is 1. The van der Waals surface area contributed by atoms with Crippen LogP contribution in [-0.2, 0) is 0 Å². The first-order valence-electron chi connectivity index (χ1n) is 7.90. The smallest absolute Gasteiger partial charge is 0.104 e. The fraction of sp³-hybridized carbons (Fsp3) is 0.938. The molecule has 3 unspecified atom stereocenters. The van der Waals surface area contributed by atoms with Crippen molar-refractivity contribution in [1.29, 1.82) is 5.26 Å². The van der Waals surface area contributed by atoms with Crippen LogP contribution in [0.2, 0.25) is 0 Å². The van der Waals surface area contributed by atoms with Crippen LogP contribution in [0, 0.1) is 11.3 Å². The molecule has 0 radical (unpaired) electrons. The van der Waals surface area contributed by atoms with Gasteiger partial charge in [-0.1, -0.05) is 0 Å². The maximum Gasteiger partial charge on any atom is 0.104 e. The molecule has 0 aliphatic carbocycles. The summed E-state index contributed by atoms with van der Waals surface area (Å²) in [5.74, 6) is 0. The molecule has 1 saturated heterocycles. The molecule has 0 saturated carbocycles. The number of piperazine rings is 1. The fourth-order valence-corrected chi connectivity index (χ4v) is 3.15. The number of hydrogen-bond donors (Lipinski definition) is 1. The van der Waals surface area contributed by atoms with E-state index < -0.39 is 5.54 Å². The maximum atomic E-state index is 9.36. The van der Waals surface area contributed by atoms with Gasteiger partial charge in [-0.2, -0.15) is 5.26 Å². The molecule has 4 nitrogen and oxygen atoms in total. The molecule has 0 aromatic rings. The Bertz CT molecular complexity index is 324. The molecule has 0 bridgehead atoms. The Balaban J connectivity index is 2.39. The molecule has 0 spiro atoms. The van der Waals surface area contributed by atoms with Crippen molar-refractivity contribution in [2.24, 2.45) is 0 Å². The number of nitrogens with zero attached hydrogens (tertiary/aromatic N) is 3. The van der Waals surface area contributed by atoms with Crippen LogP contribution in [0.1, 0.15) is 47.5 Å². The average molecular weight is 280 g/mol. The summed E-state index contributed by atoms with van der Waals surface area (Å²) in [7, 11) is 2.21. The molecule has 4 heteroatoms. The molecule has 1 aliphatic heterocycles. The van der Waals surface area contributed by atoms with Gasteiger partial charge in [0.15, 0.2) is 0 Å². The highest BCUT2D eigenvalue weighted by atomic mass is 15.3. The quantitative estimate of drug-likeness (QED) is 0.809. The van der Waals surface area contributed by atoms with Crippen molar-refractivity contribution in [1.82, 2.24) is 15.1 Å². The van der Waals surface area contributed by atoms with Crippen LogP contribution in [0.3, 0.4) is 0 Å². The van der Waals surface area contributed by atoms with Gasteiger partial charge in [-0.25, -0.2) is 0 Å². The highest BCUT2D eigenvalue weighted by molar-refractivity contribution is 5.04. The number of nitriles is 1. The third-order valence-corrected chi connectivity index (χ3v) is 4.44. The second kappa shape index (κ2) is 7.40. The van der Waals surface area contributed by atoms with Crippen LogP contribution < -0.4 is 5.32 Å². The van der Waals surface area contributed by atoms with Crippen LogP contribution in [-0.4, -0.2) is 60.1 Å². The zero-order valence-electron chi connectivity index (χ0n) is 14.1. The van der Waals surface area contributed by atoms with Gasteiger partial charge >= 0.3 is 0 Å². The number of nitrogens with one attached hydrogen (secondary N) is 1. The van der Waals surface area contributed by atoms with Gasteiger partial charge in [0.2, 0.25) is 0 Å². The van der Waals surface area contributed by atoms with E-state index in [2.05, 4.69) is 55.9 Å². The van der Waals surface area contributed by atoms with E-state index in [1.165, 1.54) is 0 Å². The molecule has 20 heavy (non-hydrogen) atoms. The summed E-state index contributed by atoms with van der Waals surface area (Å²) >= 11 is 0. The van der Waals surface area contributed by atoms with E-state index in [0.29, 0.717) is 18.1 Å². The SMILES string of the molecule is CC(C)NC(C)(C#N)CCCN1CC(C)N(C)C(C)C1. The normalized spacial score (nSPS) is 28.3. The molecule has 1 heterocycles. The Morgan fingerprint density at radius 3 is 2.30 bits per heavy atom. The predicted molar refractivity (Wildman–Crippen MR) is 84.7 cm³/mol. The van der Waals surface area contributed by atoms with Crippen LogP contribution in [0.25, 0.3) is 0 Å². The zero-order valence-corrected chi connectivity index (χ0v) is 14.1. The van der Waals surface area contributed by atoms with Gasteiger partial charge in [-0.05, 0) is 61.1 Å². The van der Waals surface area contributed by atoms with Gasteiger partial charge in [0.05, 0.1) is 6.07 Å². The first kappa shape index (κ1) is 17.4. The Hall–Kier alpha value is -0.630. The Labute approximate surface area is 125 Å². The van der Waals surface area contributed by atoms with Crippen LogP contribution in [0.4, 0.5) is 0 Å². The van der Waals surface area contributed by atoms with Crippen molar-refractivity contribution in [3.05, 3.63) is 0 Å². The van der Waals surface area contributed by atoms with E-state index in [9.17, 15) is 5.26 Å². The summed E-state index contributed by atoms with van der Waals surface area (Å²) < 4.78 is 0. The van der Waals surface area contributed by atoms with E-state index in [1.54, 1.807) is 0 Å². The van der Waals surface area contributed by atoms with Crippen molar-refractivity contribution >= 4 is 0 Å². The van der Waals surface area contributed by atoms with Crippen molar-refractivity contribution in [2.45, 2.75) is 71.1 Å². The third-order valence-electron chi connectivity index (χ3n) is 4.44. The summed E-state index contributed by atoms with van der Waals surface area (Å²) in [4.78, 5) is 5.00. The lowest BCUT2D eigenvalue weighted by Gasteiger charge is -2.42. The lowest BCUT2D eigenvalue weighted by Crippen LogP contribution is -2.55. The molecular weight excluding hydrogens is 248 g/mol. The van der Waals surface area contributed by atoms with E-state index in [-0.39, 0.29) is 0 Å². The molecule has 1 aliphatic rings. The molecule has 1 fully saturated rings. The first-order valence-corrected chi connectivity index (χ1v) is 7.90. The second-order valence-corrected chi connectivity index (χ2v) is 6.97. The van der Waals surface area contributed by atoms with Gasteiger partial charge in [0.25, 0.3) is 0 Å². The van der Waals surface area contributed by atoms with Crippen LogP contribution in [0.15, 0.2) is 0 Å². The molecular formula is C16H32N4. The van der Waals surface area contributed by atoms with Gasteiger partial charge < -0.3 is 4.90 Å². The molecule has 116 valence electrons. The van der Waals surface area contributed by atoms with Gasteiger partial charge in [0.1, 0.15) is 5.54 Å². The van der Waals surface area contributed by atoms with E-state index >= 15 is 0 Å². The summed E-state index contributed by atoms with van der Waals surface area (Å²) in [5, 5.41) is 12.7. The average Bonchev–Trinajstić information content (AvgIpc) is 2.35. The third kappa shape index (κ3) is 5.05. The monoisotopic (exact) mass is 280 g/mol. The Morgan fingerprint density at radius 2 is 1.85 bits per heavy atom. The summed E-state index contributed by atoms with van der Waals surface area (Å²) in [6.07, 6.45) is 1.99. The summed E-state index contributed by atoms with van der Waals surface area (Å²) in [6, 6.07) is 4.03. The van der Waals surface area contributed by atoms with Crippen LogP contribution >= 0.6 is 0 Å². The largest absolute Gasteiger partial charge is 0.300 e. The minimum atomic E-state index is -0.391. The van der Waals surface area contributed by atoms with Gasteiger partial charge in [-0.15, -0.1) is 0 Å². The highest BCUT2D eigenvalue weighted by Crippen LogP contribution is 2.16. The van der Waals surface area contributed by atoms with Gasteiger partial charge in [-0.3, -0.25) is 10.2 Å². The number of hydrogen-bond acceptors (Lipinski definition) is 4. The fourth-order valence-electron chi connectivity index (χ4n) is 3.15. The molecule has 1 rings (SSSR count). The molecule has 1 N–H and O–H groups in total. The molecule has 0 aromatic carbocycles. The van der Waals surface area contributed by atoms with E-state index in [0.717, 1.165) is 32.5 Å². The minimum Gasteiger partial charge on any atom is -0.300 e. The Kier molecular flexibility index (Phi) is 6.44. The van der Waals surface area contributed by atoms with Crippen molar-refractivity contribution in [3.8, 4) is 6.07 Å². The summed E-state index contributed by atoms with van der Waals surface area (Å²) in [5.41, 5.74) is -0.391. The molecule has 0 aromatic heterocycles.